The van der Waals surface area contributed by atoms with Crippen molar-refractivity contribution in [2.24, 2.45) is 5.92 Å². The van der Waals surface area contributed by atoms with E-state index < -0.39 is 0 Å². The first kappa shape index (κ1) is 14.6. The van der Waals surface area contributed by atoms with Crippen molar-refractivity contribution in [3.05, 3.63) is 35.0 Å². The van der Waals surface area contributed by atoms with Gasteiger partial charge in [-0.15, -0.1) is 0 Å². The summed E-state index contributed by atoms with van der Waals surface area (Å²) in [6.07, 6.45) is 0.534. The highest BCUT2D eigenvalue weighted by molar-refractivity contribution is 6.32. The summed E-state index contributed by atoms with van der Waals surface area (Å²) in [6.45, 7) is 1.82. The van der Waals surface area contributed by atoms with Gasteiger partial charge in [-0.05, 0) is 18.2 Å². The molecule has 0 bridgehead atoms. The third-order valence-corrected chi connectivity index (χ3v) is 3.43. The Morgan fingerprint density at radius 1 is 1.35 bits per heavy atom. The first-order chi connectivity index (χ1) is 9.55. The molecule has 2 rings (SSSR count). The first-order valence-electron chi connectivity index (χ1n) is 6.26. The fraction of sp³-hybridized carbons (Fsp3) is 0.333. The standard InChI is InChI=1S/C15H16ClNO3/c1-9(15(18)20-3)6-11-5-4-10-7-14(19-2)12(16)8-13(10)17-11/h4-5,7-9H,6H2,1-3H3. The molecule has 0 saturated heterocycles. The SMILES string of the molecule is COC(=O)C(C)Cc1ccc2cc(OC)c(Cl)cc2n1. The molecular weight excluding hydrogens is 278 g/mol. The molecule has 1 heterocycles. The zero-order valence-corrected chi connectivity index (χ0v) is 12.4. The van der Waals surface area contributed by atoms with Crippen molar-refractivity contribution in [1.29, 1.82) is 0 Å². The normalized spacial score (nSPS) is 12.2. The van der Waals surface area contributed by atoms with E-state index in [9.17, 15) is 4.79 Å². The highest BCUT2D eigenvalue weighted by atomic mass is 35.5. The van der Waals surface area contributed by atoms with E-state index in [1.54, 1.807) is 13.2 Å². The molecule has 0 saturated carbocycles. The van der Waals surface area contributed by atoms with E-state index >= 15 is 0 Å². The summed E-state index contributed by atoms with van der Waals surface area (Å²) in [5.41, 5.74) is 1.61. The Balaban J connectivity index is 2.32. The Labute approximate surface area is 122 Å². The van der Waals surface area contributed by atoms with Crippen molar-refractivity contribution in [1.82, 2.24) is 4.98 Å². The molecule has 1 aromatic heterocycles. The molecule has 0 radical (unpaired) electrons. The fourth-order valence-electron chi connectivity index (χ4n) is 2.04. The molecule has 5 heteroatoms. The fourth-order valence-corrected chi connectivity index (χ4v) is 2.27. The summed E-state index contributed by atoms with van der Waals surface area (Å²) in [4.78, 5) is 16.0. The first-order valence-corrected chi connectivity index (χ1v) is 6.64. The van der Waals surface area contributed by atoms with Crippen LogP contribution in [0.3, 0.4) is 0 Å². The maximum absolute atomic E-state index is 11.4. The number of rotatable bonds is 4. The number of fused-ring (bicyclic) bond motifs is 1. The van der Waals surface area contributed by atoms with Crippen molar-refractivity contribution in [2.45, 2.75) is 13.3 Å². The third-order valence-electron chi connectivity index (χ3n) is 3.14. The maximum atomic E-state index is 11.4. The van der Waals surface area contributed by atoms with Gasteiger partial charge in [-0.1, -0.05) is 24.6 Å². The van der Waals surface area contributed by atoms with Crippen LogP contribution >= 0.6 is 11.6 Å². The van der Waals surface area contributed by atoms with E-state index in [1.807, 2.05) is 25.1 Å². The van der Waals surface area contributed by atoms with Crippen molar-refractivity contribution in [3.63, 3.8) is 0 Å². The predicted molar refractivity (Wildman–Crippen MR) is 78.2 cm³/mol. The van der Waals surface area contributed by atoms with E-state index in [0.29, 0.717) is 17.2 Å². The lowest BCUT2D eigenvalue weighted by molar-refractivity contribution is -0.144. The molecule has 1 atom stereocenters. The number of carbonyl (C=O) groups is 1. The molecule has 0 N–H and O–H groups in total. The number of halogens is 1. The van der Waals surface area contributed by atoms with Crippen LogP contribution in [-0.4, -0.2) is 25.2 Å². The summed E-state index contributed by atoms with van der Waals surface area (Å²) in [6, 6.07) is 7.45. The lowest BCUT2D eigenvalue weighted by atomic mass is 10.0. The number of aromatic nitrogens is 1. The number of benzene rings is 1. The molecule has 4 nitrogen and oxygen atoms in total. The molecule has 2 aromatic rings. The number of esters is 1. The number of ether oxygens (including phenoxy) is 2. The van der Waals surface area contributed by atoms with Crippen molar-refractivity contribution >= 4 is 28.5 Å². The number of pyridine rings is 1. The van der Waals surface area contributed by atoms with Gasteiger partial charge in [0, 0.05) is 17.5 Å². The third kappa shape index (κ3) is 3.02. The second-order valence-electron chi connectivity index (χ2n) is 4.61. The Bertz CT molecular complexity index is 642. The molecule has 1 aromatic carbocycles. The van der Waals surface area contributed by atoms with Crippen LogP contribution in [0.5, 0.6) is 5.75 Å². The summed E-state index contributed by atoms with van der Waals surface area (Å²) < 4.78 is 9.89. The molecular formula is C15H16ClNO3. The lowest BCUT2D eigenvalue weighted by Crippen LogP contribution is -2.15. The molecule has 0 aliphatic heterocycles. The second-order valence-corrected chi connectivity index (χ2v) is 5.02. The largest absolute Gasteiger partial charge is 0.495 e. The minimum Gasteiger partial charge on any atom is -0.495 e. The Morgan fingerprint density at radius 3 is 2.75 bits per heavy atom. The number of methoxy groups -OCH3 is 2. The minimum absolute atomic E-state index is 0.223. The maximum Gasteiger partial charge on any atom is 0.308 e. The average molecular weight is 294 g/mol. The quantitative estimate of drug-likeness (QED) is 0.812. The van der Waals surface area contributed by atoms with Gasteiger partial charge in [-0.3, -0.25) is 9.78 Å². The van der Waals surface area contributed by atoms with Gasteiger partial charge in [-0.2, -0.15) is 0 Å². The molecule has 20 heavy (non-hydrogen) atoms. The van der Waals surface area contributed by atoms with E-state index in [4.69, 9.17) is 21.1 Å². The second kappa shape index (κ2) is 6.09. The topological polar surface area (TPSA) is 48.4 Å². The van der Waals surface area contributed by atoms with Gasteiger partial charge < -0.3 is 9.47 Å². The van der Waals surface area contributed by atoms with Crippen LogP contribution in [0.2, 0.25) is 5.02 Å². The van der Waals surface area contributed by atoms with Crippen LogP contribution in [0, 0.1) is 5.92 Å². The lowest BCUT2D eigenvalue weighted by Gasteiger charge is -2.10. The summed E-state index contributed by atoms with van der Waals surface area (Å²) >= 11 is 6.10. The molecule has 1 unspecified atom stereocenters. The molecule has 0 amide bonds. The number of carbonyl (C=O) groups excluding carboxylic acids is 1. The summed E-state index contributed by atoms with van der Waals surface area (Å²) in [5.74, 6) is 0.162. The van der Waals surface area contributed by atoms with Gasteiger partial charge in [-0.25, -0.2) is 0 Å². The zero-order chi connectivity index (χ0) is 14.7. The minimum atomic E-state index is -0.236. The highest BCUT2D eigenvalue weighted by Crippen LogP contribution is 2.29. The van der Waals surface area contributed by atoms with E-state index in [0.717, 1.165) is 16.6 Å². The van der Waals surface area contributed by atoms with Crippen LogP contribution in [0.25, 0.3) is 10.9 Å². The van der Waals surface area contributed by atoms with Gasteiger partial charge in [0.1, 0.15) is 5.75 Å². The molecule has 0 aliphatic rings. The molecule has 0 fully saturated rings. The van der Waals surface area contributed by atoms with Crippen LogP contribution in [0.4, 0.5) is 0 Å². The van der Waals surface area contributed by atoms with Crippen LogP contribution in [0.15, 0.2) is 24.3 Å². The smallest absolute Gasteiger partial charge is 0.308 e. The Hall–Kier alpha value is -1.81. The number of nitrogens with zero attached hydrogens (tertiary/aromatic N) is 1. The molecule has 0 aliphatic carbocycles. The molecule has 0 spiro atoms. The zero-order valence-electron chi connectivity index (χ0n) is 11.6. The van der Waals surface area contributed by atoms with Crippen molar-refractivity contribution in [3.8, 4) is 5.75 Å². The van der Waals surface area contributed by atoms with Gasteiger partial charge in [0.25, 0.3) is 0 Å². The van der Waals surface area contributed by atoms with E-state index in [2.05, 4.69) is 4.98 Å². The predicted octanol–water partition coefficient (Wildman–Crippen LogP) is 3.25. The van der Waals surface area contributed by atoms with E-state index in [1.165, 1.54) is 7.11 Å². The van der Waals surface area contributed by atoms with Crippen LogP contribution in [0.1, 0.15) is 12.6 Å². The number of hydrogen-bond acceptors (Lipinski definition) is 4. The monoisotopic (exact) mass is 293 g/mol. The summed E-state index contributed by atoms with van der Waals surface area (Å²) in [5, 5.41) is 1.46. The van der Waals surface area contributed by atoms with E-state index in [-0.39, 0.29) is 11.9 Å². The van der Waals surface area contributed by atoms with Crippen LogP contribution < -0.4 is 4.74 Å². The summed E-state index contributed by atoms with van der Waals surface area (Å²) in [7, 11) is 2.96. The number of hydrogen-bond donors (Lipinski definition) is 0. The Kier molecular flexibility index (Phi) is 4.45. The van der Waals surface area contributed by atoms with Gasteiger partial charge in [0.05, 0.1) is 30.7 Å². The Morgan fingerprint density at radius 2 is 2.10 bits per heavy atom. The highest BCUT2D eigenvalue weighted by Gasteiger charge is 2.15. The molecule has 106 valence electrons. The average Bonchev–Trinajstić information content (AvgIpc) is 2.45. The van der Waals surface area contributed by atoms with Crippen molar-refractivity contribution < 1.29 is 14.3 Å². The van der Waals surface area contributed by atoms with Crippen molar-refractivity contribution in [2.75, 3.05) is 14.2 Å². The van der Waals surface area contributed by atoms with Crippen LogP contribution in [-0.2, 0) is 16.0 Å². The van der Waals surface area contributed by atoms with Gasteiger partial charge in [0.2, 0.25) is 0 Å². The van der Waals surface area contributed by atoms with Gasteiger partial charge >= 0.3 is 5.97 Å². The van der Waals surface area contributed by atoms with Gasteiger partial charge in [0.15, 0.2) is 0 Å².